The number of nitrogens with zero attached hydrogens (tertiary/aromatic N) is 1. The summed E-state index contributed by atoms with van der Waals surface area (Å²) < 4.78 is 12.8. The molecule has 0 atom stereocenters. The average molecular weight is 305 g/mol. The lowest BCUT2D eigenvalue weighted by Crippen LogP contribution is -2.28. The van der Waals surface area contributed by atoms with Crippen LogP contribution in [-0.2, 0) is 6.54 Å². The lowest BCUT2D eigenvalue weighted by Gasteiger charge is -2.10. The van der Waals surface area contributed by atoms with Crippen molar-refractivity contribution in [1.29, 1.82) is 0 Å². The Labute approximate surface area is 125 Å². The average Bonchev–Trinajstić information content (AvgIpc) is 2.47. The second-order valence-corrected chi connectivity index (χ2v) is 4.62. The third-order valence-electron chi connectivity index (χ3n) is 2.72. The van der Waals surface area contributed by atoms with E-state index in [0.717, 1.165) is 5.56 Å². The summed E-state index contributed by atoms with van der Waals surface area (Å²) in [6.07, 6.45) is 0. The van der Waals surface area contributed by atoms with Gasteiger partial charge in [-0.2, -0.15) is 0 Å². The molecule has 2 aromatic rings. The number of halogens is 1. The molecule has 0 aromatic heterocycles. The van der Waals surface area contributed by atoms with E-state index in [9.17, 15) is 14.5 Å². The Morgan fingerprint density at radius 3 is 2.52 bits per heavy atom. The predicted octanol–water partition coefficient (Wildman–Crippen LogP) is 3.22. The highest BCUT2D eigenvalue weighted by Gasteiger charge is 2.12. The van der Waals surface area contributed by atoms with Gasteiger partial charge < -0.3 is 10.6 Å². The summed E-state index contributed by atoms with van der Waals surface area (Å²) >= 11 is 5.09. The standard InChI is InChI=1S/C14H12FN3O2S/c15-11-7-5-10(6-8-11)9-16-14(21)17-12-3-1-2-4-13(12)18(19)20/h1-8H,9H2,(H2,16,17,21). The van der Waals surface area contributed by atoms with E-state index >= 15 is 0 Å². The lowest BCUT2D eigenvalue weighted by molar-refractivity contribution is -0.383. The second-order valence-electron chi connectivity index (χ2n) is 4.21. The molecule has 0 aliphatic rings. The second kappa shape index (κ2) is 6.76. The van der Waals surface area contributed by atoms with E-state index in [2.05, 4.69) is 10.6 Å². The molecular weight excluding hydrogens is 293 g/mol. The van der Waals surface area contributed by atoms with Crippen molar-refractivity contribution in [2.75, 3.05) is 5.32 Å². The summed E-state index contributed by atoms with van der Waals surface area (Å²) in [5.41, 5.74) is 1.12. The van der Waals surface area contributed by atoms with Crippen molar-refractivity contribution < 1.29 is 9.31 Å². The molecule has 0 saturated carbocycles. The van der Waals surface area contributed by atoms with Crippen LogP contribution in [0.5, 0.6) is 0 Å². The van der Waals surface area contributed by atoms with Gasteiger partial charge >= 0.3 is 0 Å². The van der Waals surface area contributed by atoms with E-state index in [-0.39, 0.29) is 16.6 Å². The van der Waals surface area contributed by atoms with Gasteiger partial charge in [-0.05, 0) is 36.0 Å². The molecule has 5 nitrogen and oxygen atoms in total. The molecule has 2 rings (SSSR count). The van der Waals surface area contributed by atoms with Crippen LogP contribution in [-0.4, -0.2) is 10.0 Å². The molecule has 108 valence electrons. The van der Waals surface area contributed by atoms with Crippen molar-refractivity contribution in [1.82, 2.24) is 5.32 Å². The maximum Gasteiger partial charge on any atom is 0.292 e. The molecule has 0 amide bonds. The summed E-state index contributed by atoms with van der Waals surface area (Å²) in [4.78, 5) is 10.4. The molecule has 7 heteroatoms. The molecule has 21 heavy (non-hydrogen) atoms. The fraction of sp³-hybridized carbons (Fsp3) is 0.0714. The molecule has 0 unspecified atom stereocenters. The number of para-hydroxylation sites is 2. The van der Waals surface area contributed by atoms with Gasteiger partial charge in [0.1, 0.15) is 11.5 Å². The van der Waals surface area contributed by atoms with E-state index in [1.165, 1.54) is 18.2 Å². The minimum atomic E-state index is -0.481. The van der Waals surface area contributed by atoms with Gasteiger partial charge in [0.2, 0.25) is 0 Å². The molecule has 2 N–H and O–H groups in total. The van der Waals surface area contributed by atoms with Crippen LogP contribution >= 0.6 is 12.2 Å². The van der Waals surface area contributed by atoms with Crippen LogP contribution in [0.2, 0.25) is 0 Å². The van der Waals surface area contributed by atoms with Crippen LogP contribution < -0.4 is 10.6 Å². The molecule has 0 saturated heterocycles. The molecule has 0 aliphatic carbocycles. The Morgan fingerprint density at radius 1 is 1.19 bits per heavy atom. The van der Waals surface area contributed by atoms with Crippen LogP contribution in [0.25, 0.3) is 0 Å². The van der Waals surface area contributed by atoms with Gasteiger partial charge in [-0.25, -0.2) is 4.39 Å². The van der Waals surface area contributed by atoms with Gasteiger partial charge in [-0.15, -0.1) is 0 Å². The van der Waals surface area contributed by atoms with E-state index in [4.69, 9.17) is 12.2 Å². The highest BCUT2D eigenvalue weighted by molar-refractivity contribution is 7.80. The quantitative estimate of drug-likeness (QED) is 0.516. The summed E-state index contributed by atoms with van der Waals surface area (Å²) in [7, 11) is 0. The van der Waals surface area contributed by atoms with Crippen molar-refractivity contribution in [3.63, 3.8) is 0 Å². The Morgan fingerprint density at radius 2 is 1.86 bits per heavy atom. The van der Waals surface area contributed by atoms with Crippen molar-refractivity contribution in [2.45, 2.75) is 6.54 Å². The molecule has 0 spiro atoms. The van der Waals surface area contributed by atoms with E-state index in [0.29, 0.717) is 12.2 Å². The number of nitro groups is 1. The highest BCUT2D eigenvalue weighted by Crippen LogP contribution is 2.22. The minimum absolute atomic E-state index is 0.0524. The number of hydrogen-bond acceptors (Lipinski definition) is 3. The zero-order chi connectivity index (χ0) is 15.2. The maximum absolute atomic E-state index is 12.8. The fourth-order valence-corrected chi connectivity index (χ4v) is 1.87. The Hall–Kier alpha value is -2.54. The summed E-state index contributed by atoms with van der Waals surface area (Å²) in [6.45, 7) is 0.396. The van der Waals surface area contributed by atoms with Crippen LogP contribution in [0.4, 0.5) is 15.8 Å². The summed E-state index contributed by atoms with van der Waals surface area (Å²) in [5, 5.41) is 16.8. The van der Waals surface area contributed by atoms with E-state index in [1.54, 1.807) is 30.3 Å². The van der Waals surface area contributed by atoms with Gasteiger partial charge in [0.25, 0.3) is 5.69 Å². The van der Waals surface area contributed by atoms with Crippen molar-refractivity contribution >= 4 is 28.7 Å². The zero-order valence-electron chi connectivity index (χ0n) is 10.9. The molecule has 0 radical (unpaired) electrons. The number of thiocarbonyl (C=S) groups is 1. The fourth-order valence-electron chi connectivity index (χ4n) is 1.69. The Kier molecular flexibility index (Phi) is 4.78. The van der Waals surface area contributed by atoms with Crippen LogP contribution in [0.1, 0.15) is 5.56 Å². The number of nitrogens with one attached hydrogen (secondary N) is 2. The first-order chi connectivity index (χ1) is 10.1. The Balaban J connectivity index is 1.96. The number of rotatable bonds is 4. The van der Waals surface area contributed by atoms with Gasteiger partial charge in [0, 0.05) is 12.6 Å². The zero-order valence-corrected chi connectivity index (χ0v) is 11.7. The van der Waals surface area contributed by atoms with E-state index in [1.807, 2.05) is 0 Å². The van der Waals surface area contributed by atoms with Gasteiger partial charge in [0.15, 0.2) is 5.11 Å². The maximum atomic E-state index is 12.8. The van der Waals surface area contributed by atoms with Crippen LogP contribution in [0.15, 0.2) is 48.5 Å². The molecule has 2 aromatic carbocycles. The minimum Gasteiger partial charge on any atom is -0.358 e. The largest absolute Gasteiger partial charge is 0.358 e. The van der Waals surface area contributed by atoms with Crippen molar-refractivity contribution in [3.05, 3.63) is 70.0 Å². The van der Waals surface area contributed by atoms with Crippen LogP contribution in [0, 0.1) is 15.9 Å². The first-order valence-electron chi connectivity index (χ1n) is 6.09. The number of hydrogen-bond donors (Lipinski definition) is 2. The SMILES string of the molecule is O=[N+]([O-])c1ccccc1NC(=S)NCc1ccc(F)cc1. The van der Waals surface area contributed by atoms with Gasteiger partial charge in [-0.1, -0.05) is 24.3 Å². The Bertz CT molecular complexity index is 662. The number of anilines is 1. The molecule has 0 bridgehead atoms. The van der Waals surface area contributed by atoms with Crippen molar-refractivity contribution in [2.24, 2.45) is 0 Å². The monoisotopic (exact) mass is 305 g/mol. The first kappa shape index (κ1) is 14.9. The smallest absolute Gasteiger partial charge is 0.292 e. The van der Waals surface area contributed by atoms with Crippen molar-refractivity contribution in [3.8, 4) is 0 Å². The summed E-state index contributed by atoms with van der Waals surface area (Å²) in [5.74, 6) is -0.306. The third kappa shape index (κ3) is 4.22. The predicted molar refractivity (Wildman–Crippen MR) is 82.6 cm³/mol. The van der Waals surface area contributed by atoms with Crippen LogP contribution in [0.3, 0.4) is 0 Å². The molecule has 0 heterocycles. The third-order valence-corrected chi connectivity index (χ3v) is 2.96. The topological polar surface area (TPSA) is 67.2 Å². The summed E-state index contributed by atoms with van der Waals surface area (Å²) in [6, 6.07) is 12.2. The van der Waals surface area contributed by atoms with Gasteiger partial charge in [0.05, 0.1) is 4.92 Å². The van der Waals surface area contributed by atoms with E-state index < -0.39 is 4.92 Å². The molecular formula is C14H12FN3O2S. The van der Waals surface area contributed by atoms with Gasteiger partial charge in [-0.3, -0.25) is 10.1 Å². The number of nitro benzene ring substituents is 1. The highest BCUT2D eigenvalue weighted by atomic mass is 32.1. The normalized spacial score (nSPS) is 9.95. The number of benzene rings is 2. The lowest BCUT2D eigenvalue weighted by atomic mass is 10.2. The first-order valence-corrected chi connectivity index (χ1v) is 6.50. The molecule has 0 aliphatic heterocycles. The molecule has 0 fully saturated rings.